The Morgan fingerprint density at radius 3 is 1.97 bits per heavy atom. The molecule has 0 radical (unpaired) electrons. The molecule has 0 saturated heterocycles. The van der Waals surface area contributed by atoms with Crippen molar-refractivity contribution in [3.63, 3.8) is 0 Å². The normalized spacial score (nSPS) is 11.4. The van der Waals surface area contributed by atoms with Gasteiger partial charge in [-0.1, -0.05) is 60.7 Å². The third kappa shape index (κ3) is 5.06. The number of carbonyl (C=O) groups is 2. The lowest BCUT2D eigenvalue weighted by Crippen LogP contribution is -2.20. The molecule has 3 aromatic carbocycles. The van der Waals surface area contributed by atoms with Crippen molar-refractivity contribution in [3.8, 4) is 11.5 Å². The lowest BCUT2D eigenvalue weighted by molar-refractivity contribution is 0.0279. The van der Waals surface area contributed by atoms with Crippen LogP contribution >= 0.6 is 0 Å². The standard InChI is InChI=1S/C25H24O5/c1-3-28-21-16-15-20(17-22(21)29-4-2)25(27)30-24(19-13-9-6-10-14-19)23(26)18-11-7-5-8-12-18/h5-17,24H,3-4H2,1-2H3. The highest BCUT2D eigenvalue weighted by Gasteiger charge is 2.27. The number of rotatable bonds is 9. The molecule has 1 atom stereocenters. The molecule has 30 heavy (non-hydrogen) atoms. The number of carbonyl (C=O) groups excluding carboxylic acids is 2. The van der Waals surface area contributed by atoms with Crippen LogP contribution in [0.4, 0.5) is 0 Å². The second-order valence-corrected chi connectivity index (χ2v) is 6.45. The molecule has 0 heterocycles. The molecule has 0 amide bonds. The number of ketones is 1. The zero-order valence-electron chi connectivity index (χ0n) is 17.0. The van der Waals surface area contributed by atoms with Crippen molar-refractivity contribution < 1.29 is 23.8 Å². The average Bonchev–Trinajstić information content (AvgIpc) is 2.79. The molecule has 3 aromatic rings. The summed E-state index contributed by atoms with van der Waals surface area (Å²) < 4.78 is 16.8. The Hall–Kier alpha value is -3.60. The lowest BCUT2D eigenvalue weighted by Gasteiger charge is -2.18. The van der Waals surface area contributed by atoms with Gasteiger partial charge in [0.2, 0.25) is 5.78 Å². The van der Waals surface area contributed by atoms with Crippen molar-refractivity contribution in [2.45, 2.75) is 20.0 Å². The van der Waals surface area contributed by atoms with E-state index in [1.165, 1.54) is 0 Å². The van der Waals surface area contributed by atoms with Gasteiger partial charge >= 0.3 is 5.97 Å². The minimum atomic E-state index is -1.05. The Labute approximate surface area is 176 Å². The first-order valence-corrected chi connectivity index (χ1v) is 9.88. The Bertz CT molecular complexity index is 983. The van der Waals surface area contributed by atoms with Crippen LogP contribution in [0, 0.1) is 0 Å². The Kier molecular flexibility index (Phi) is 7.22. The summed E-state index contributed by atoms with van der Waals surface area (Å²) in [7, 11) is 0. The molecular formula is C25H24O5. The Morgan fingerprint density at radius 1 is 0.733 bits per heavy atom. The highest BCUT2D eigenvalue weighted by atomic mass is 16.5. The van der Waals surface area contributed by atoms with Gasteiger partial charge in [0.1, 0.15) is 0 Å². The second kappa shape index (κ2) is 10.3. The molecule has 154 valence electrons. The minimum absolute atomic E-state index is 0.281. The minimum Gasteiger partial charge on any atom is -0.490 e. The van der Waals surface area contributed by atoms with E-state index >= 15 is 0 Å². The van der Waals surface area contributed by atoms with Crippen LogP contribution < -0.4 is 9.47 Å². The molecular weight excluding hydrogens is 380 g/mol. The van der Waals surface area contributed by atoms with Gasteiger partial charge in [0, 0.05) is 11.1 Å². The molecule has 3 rings (SSSR count). The van der Waals surface area contributed by atoms with E-state index in [9.17, 15) is 9.59 Å². The van der Waals surface area contributed by atoms with Gasteiger partial charge < -0.3 is 14.2 Å². The van der Waals surface area contributed by atoms with E-state index in [1.54, 1.807) is 66.7 Å². The number of hydrogen-bond donors (Lipinski definition) is 0. The van der Waals surface area contributed by atoms with E-state index < -0.39 is 12.1 Å². The number of ether oxygens (including phenoxy) is 3. The summed E-state index contributed by atoms with van der Waals surface area (Å²) in [6, 6.07) is 22.6. The third-order valence-corrected chi connectivity index (χ3v) is 4.40. The second-order valence-electron chi connectivity index (χ2n) is 6.45. The van der Waals surface area contributed by atoms with E-state index in [0.29, 0.717) is 35.8 Å². The summed E-state index contributed by atoms with van der Waals surface area (Å²) in [6.45, 7) is 4.63. The maximum atomic E-state index is 13.1. The van der Waals surface area contributed by atoms with Gasteiger partial charge in [-0.15, -0.1) is 0 Å². The van der Waals surface area contributed by atoms with Crippen LogP contribution in [0.2, 0.25) is 0 Å². The van der Waals surface area contributed by atoms with E-state index in [-0.39, 0.29) is 11.3 Å². The van der Waals surface area contributed by atoms with E-state index in [2.05, 4.69) is 0 Å². The van der Waals surface area contributed by atoms with Crippen molar-refractivity contribution >= 4 is 11.8 Å². The summed E-state index contributed by atoms with van der Waals surface area (Å²) in [5.41, 5.74) is 1.36. The molecule has 0 aromatic heterocycles. The summed E-state index contributed by atoms with van der Waals surface area (Å²) in [5.74, 6) is 0.110. The number of benzene rings is 3. The number of hydrogen-bond acceptors (Lipinski definition) is 5. The largest absolute Gasteiger partial charge is 0.490 e. The third-order valence-electron chi connectivity index (χ3n) is 4.40. The van der Waals surface area contributed by atoms with E-state index in [4.69, 9.17) is 14.2 Å². The van der Waals surface area contributed by atoms with Gasteiger partial charge in [-0.3, -0.25) is 4.79 Å². The zero-order chi connectivity index (χ0) is 21.3. The zero-order valence-corrected chi connectivity index (χ0v) is 17.0. The lowest BCUT2D eigenvalue weighted by atomic mass is 9.99. The molecule has 5 nitrogen and oxygen atoms in total. The summed E-state index contributed by atoms with van der Waals surface area (Å²) in [5, 5.41) is 0. The highest BCUT2D eigenvalue weighted by molar-refractivity contribution is 6.02. The van der Waals surface area contributed by atoms with Crippen LogP contribution in [0.3, 0.4) is 0 Å². The van der Waals surface area contributed by atoms with Gasteiger partial charge in [0.05, 0.1) is 18.8 Å². The van der Waals surface area contributed by atoms with Crippen LogP contribution in [0.5, 0.6) is 11.5 Å². The molecule has 0 fully saturated rings. The quantitative estimate of drug-likeness (QED) is 0.359. The predicted octanol–water partition coefficient (Wildman–Crippen LogP) is 5.27. The van der Waals surface area contributed by atoms with Crippen molar-refractivity contribution in [1.82, 2.24) is 0 Å². The molecule has 0 saturated carbocycles. The summed E-state index contributed by atoms with van der Waals surface area (Å²) >= 11 is 0. The average molecular weight is 404 g/mol. The first-order chi connectivity index (χ1) is 14.6. The molecule has 5 heteroatoms. The maximum Gasteiger partial charge on any atom is 0.339 e. The van der Waals surface area contributed by atoms with Crippen LogP contribution in [-0.2, 0) is 4.74 Å². The fraction of sp³-hybridized carbons (Fsp3) is 0.200. The monoisotopic (exact) mass is 404 g/mol. The molecule has 0 aliphatic heterocycles. The number of esters is 1. The van der Waals surface area contributed by atoms with E-state index in [0.717, 1.165) is 0 Å². The summed E-state index contributed by atoms with van der Waals surface area (Å²) in [6.07, 6.45) is -1.05. The SMILES string of the molecule is CCOc1ccc(C(=O)OC(C(=O)c2ccccc2)c2ccccc2)cc1OCC. The van der Waals surface area contributed by atoms with Gasteiger partial charge in [0.15, 0.2) is 17.6 Å². The molecule has 0 bridgehead atoms. The van der Waals surface area contributed by atoms with Crippen LogP contribution in [0.1, 0.15) is 46.2 Å². The molecule has 1 unspecified atom stereocenters. The van der Waals surface area contributed by atoms with Crippen LogP contribution in [0.25, 0.3) is 0 Å². The molecule has 0 aliphatic rings. The predicted molar refractivity (Wildman–Crippen MR) is 114 cm³/mol. The molecule has 0 N–H and O–H groups in total. The maximum absolute atomic E-state index is 13.1. The van der Waals surface area contributed by atoms with Crippen LogP contribution in [0.15, 0.2) is 78.9 Å². The topological polar surface area (TPSA) is 61.8 Å². The number of Topliss-reactive ketones (excluding diaryl/α,β-unsaturated/α-hetero) is 1. The molecule has 0 aliphatic carbocycles. The first-order valence-electron chi connectivity index (χ1n) is 9.88. The molecule has 0 spiro atoms. The first kappa shape index (κ1) is 21.1. The van der Waals surface area contributed by atoms with Gasteiger partial charge in [-0.05, 0) is 32.0 Å². The van der Waals surface area contributed by atoms with Crippen molar-refractivity contribution in [2.24, 2.45) is 0 Å². The fourth-order valence-corrected chi connectivity index (χ4v) is 3.01. The van der Waals surface area contributed by atoms with Gasteiger partial charge in [0.25, 0.3) is 0 Å². The van der Waals surface area contributed by atoms with Crippen molar-refractivity contribution in [3.05, 3.63) is 95.6 Å². The van der Waals surface area contributed by atoms with Crippen molar-refractivity contribution in [2.75, 3.05) is 13.2 Å². The fourth-order valence-electron chi connectivity index (χ4n) is 3.01. The van der Waals surface area contributed by atoms with Gasteiger partial charge in [-0.2, -0.15) is 0 Å². The smallest absolute Gasteiger partial charge is 0.339 e. The highest BCUT2D eigenvalue weighted by Crippen LogP contribution is 2.30. The van der Waals surface area contributed by atoms with Crippen LogP contribution in [-0.4, -0.2) is 25.0 Å². The van der Waals surface area contributed by atoms with Gasteiger partial charge in [-0.25, -0.2) is 4.79 Å². The Balaban J connectivity index is 1.90. The van der Waals surface area contributed by atoms with Crippen molar-refractivity contribution in [1.29, 1.82) is 0 Å². The van der Waals surface area contributed by atoms with E-state index in [1.807, 2.05) is 26.0 Å². The Morgan fingerprint density at radius 2 is 1.33 bits per heavy atom. The summed E-state index contributed by atoms with van der Waals surface area (Å²) in [4.78, 5) is 26.0.